The Bertz CT molecular complexity index is 512. The first-order valence-corrected chi connectivity index (χ1v) is 7.53. The first-order chi connectivity index (χ1) is 9.18. The molecule has 0 aromatic carbocycles. The lowest BCUT2D eigenvalue weighted by Gasteiger charge is -2.21. The van der Waals surface area contributed by atoms with Gasteiger partial charge in [-0.3, -0.25) is 4.79 Å². The summed E-state index contributed by atoms with van der Waals surface area (Å²) in [5.74, 6) is 1.17. The van der Waals surface area contributed by atoms with Crippen LogP contribution in [0.15, 0.2) is 12.1 Å². The molecule has 1 aliphatic rings. The van der Waals surface area contributed by atoms with Crippen molar-refractivity contribution in [3.63, 3.8) is 0 Å². The summed E-state index contributed by atoms with van der Waals surface area (Å²) in [4.78, 5) is 18.9. The summed E-state index contributed by atoms with van der Waals surface area (Å²) < 4.78 is 0. The van der Waals surface area contributed by atoms with Gasteiger partial charge in [-0.1, -0.05) is 46.2 Å². The third-order valence-corrected chi connectivity index (χ3v) is 4.28. The predicted molar refractivity (Wildman–Crippen MR) is 82.2 cm³/mol. The van der Waals surface area contributed by atoms with Gasteiger partial charge in [0.1, 0.15) is 5.15 Å². The third kappa shape index (κ3) is 3.14. The predicted octanol–water partition coefficient (Wildman–Crippen LogP) is 3.76. The average Bonchev–Trinajstić information content (AvgIpc) is 2.67. The van der Waals surface area contributed by atoms with Crippen LogP contribution in [0.4, 0.5) is 0 Å². The molecule has 1 aromatic heterocycles. The van der Waals surface area contributed by atoms with Crippen LogP contribution in [0.1, 0.15) is 50.7 Å². The second kappa shape index (κ2) is 5.36. The number of hydrogen-bond acceptors (Lipinski definition) is 2. The molecule has 0 aliphatic carbocycles. The topological polar surface area (TPSA) is 33.2 Å². The highest BCUT2D eigenvalue weighted by atomic mass is 35.5. The summed E-state index contributed by atoms with van der Waals surface area (Å²) in [6.07, 6.45) is 0. The summed E-state index contributed by atoms with van der Waals surface area (Å²) in [5.41, 5.74) is 1.38. The molecule has 0 spiro atoms. The Balaban J connectivity index is 2.29. The number of carbonyl (C=O) groups is 1. The number of aromatic nitrogens is 1. The van der Waals surface area contributed by atoms with Gasteiger partial charge < -0.3 is 4.90 Å². The first-order valence-electron chi connectivity index (χ1n) is 7.16. The molecule has 1 fully saturated rings. The lowest BCUT2D eigenvalue weighted by molar-refractivity contribution is 0.0784. The van der Waals surface area contributed by atoms with Crippen molar-refractivity contribution in [2.45, 2.75) is 40.0 Å². The quantitative estimate of drug-likeness (QED) is 0.739. The van der Waals surface area contributed by atoms with E-state index < -0.39 is 0 Å². The van der Waals surface area contributed by atoms with Gasteiger partial charge in [0.15, 0.2) is 0 Å². The van der Waals surface area contributed by atoms with Gasteiger partial charge in [0.05, 0.1) is 0 Å². The molecule has 1 aliphatic heterocycles. The van der Waals surface area contributed by atoms with Crippen LogP contribution in [0.3, 0.4) is 0 Å². The van der Waals surface area contributed by atoms with E-state index >= 15 is 0 Å². The van der Waals surface area contributed by atoms with Gasteiger partial charge in [-0.05, 0) is 24.0 Å². The second-order valence-electron chi connectivity index (χ2n) is 6.98. The normalized spacial score (nSPS) is 23.2. The van der Waals surface area contributed by atoms with Crippen LogP contribution >= 0.6 is 11.6 Å². The lowest BCUT2D eigenvalue weighted by Crippen LogP contribution is -2.29. The number of pyridine rings is 1. The summed E-state index contributed by atoms with van der Waals surface area (Å²) in [5, 5.41) is 0.390. The highest BCUT2D eigenvalue weighted by Gasteiger charge is 2.30. The van der Waals surface area contributed by atoms with Crippen molar-refractivity contribution in [2.75, 3.05) is 13.1 Å². The van der Waals surface area contributed by atoms with E-state index in [1.165, 1.54) is 0 Å². The molecule has 0 saturated carbocycles. The van der Waals surface area contributed by atoms with Crippen LogP contribution in [-0.2, 0) is 5.41 Å². The van der Waals surface area contributed by atoms with Gasteiger partial charge in [0, 0.05) is 29.8 Å². The Hall–Kier alpha value is -1.09. The van der Waals surface area contributed by atoms with Crippen molar-refractivity contribution >= 4 is 17.5 Å². The van der Waals surface area contributed by atoms with E-state index in [1.807, 2.05) is 11.0 Å². The molecule has 1 aromatic rings. The minimum atomic E-state index is -0.120. The summed E-state index contributed by atoms with van der Waals surface area (Å²) in [7, 11) is 0. The minimum absolute atomic E-state index is 0.0657. The zero-order valence-electron chi connectivity index (χ0n) is 12.9. The SMILES string of the molecule is CC1CN(C(=O)c2cc(Cl)nc(C(C)(C)C)c2)CC1C. The zero-order valence-corrected chi connectivity index (χ0v) is 13.7. The largest absolute Gasteiger partial charge is 0.338 e. The number of likely N-dealkylation sites (tertiary alicyclic amines) is 1. The molecule has 4 heteroatoms. The van der Waals surface area contributed by atoms with E-state index in [0.29, 0.717) is 22.6 Å². The summed E-state index contributed by atoms with van der Waals surface area (Å²) in [6, 6.07) is 3.55. The van der Waals surface area contributed by atoms with Gasteiger partial charge in [-0.25, -0.2) is 4.98 Å². The molecule has 0 N–H and O–H groups in total. The van der Waals surface area contributed by atoms with Crippen LogP contribution in [0.5, 0.6) is 0 Å². The molecule has 110 valence electrons. The van der Waals surface area contributed by atoms with Crippen LogP contribution in [0.2, 0.25) is 5.15 Å². The fourth-order valence-electron chi connectivity index (χ4n) is 2.48. The summed E-state index contributed by atoms with van der Waals surface area (Å²) in [6.45, 7) is 12.2. The van der Waals surface area contributed by atoms with E-state index in [-0.39, 0.29) is 11.3 Å². The van der Waals surface area contributed by atoms with Crippen LogP contribution < -0.4 is 0 Å². The molecule has 3 nitrogen and oxygen atoms in total. The van der Waals surface area contributed by atoms with Crippen molar-refractivity contribution in [1.82, 2.24) is 9.88 Å². The molecule has 2 atom stereocenters. The molecule has 2 heterocycles. The Morgan fingerprint density at radius 2 is 1.80 bits per heavy atom. The molecule has 0 bridgehead atoms. The van der Waals surface area contributed by atoms with E-state index in [9.17, 15) is 4.79 Å². The lowest BCUT2D eigenvalue weighted by atomic mass is 9.91. The molecule has 20 heavy (non-hydrogen) atoms. The smallest absolute Gasteiger partial charge is 0.254 e. The third-order valence-electron chi connectivity index (χ3n) is 4.08. The van der Waals surface area contributed by atoms with Crippen molar-refractivity contribution in [3.05, 3.63) is 28.5 Å². The molecule has 0 radical (unpaired) electrons. The number of nitrogens with zero attached hydrogens (tertiary/aromatic N) is 2. The molecule has 1 saturated heterocycles. The van der Waals surface area contributed by atoms with Crippen molar-refractivity contribution < 1.29 is 4.79 Å². The van der Waals surface area contributed by atoms with Gasteiger partial charge in [0.2, 0.25) is 0 Å². The Labute approximate surface area is 126 Å². The van der Waals surface area contributed by atoms with E-state index in [2.05, 4.69) is 39.6 Å². The number of hydrogen-bond donors (Lipinski definition) is 0. The molecule has 2 unspecified atom stereocenters. The molecule has 2 rings (SSSR count). The summed E-state index contributed by atoms with van der Waals surface area (Å²) >= 11 is 6.08. The number of halogens is 1. The zero-order chi connectivity index (χ0) is 15.1. The maximum atomic E-state index is 12.6. The fraction of sp³-hybridized carbons (Fsp3) is 0.625. The Kier molecular flexibility index (Phi) is 4.10. The fourth-order valence-corrected chi connectivity index (χ4v) is 2.69. The van der Waals surface area contributed by atoms with E-state index in [4.69, 9.17) is 11.6 Å². The highest BCUT2D eigenvalue weighted by molar-refractivity contribution is 6.29. The second-order valence-corrected chi connectivity index (χ2v) is 7.37. The van der Waals surface area contributed by atoms with Gasteiger partial charge in [-0.15, -0.1) is 0 Å². The Morgan fingerprint density at radius 1 is 1.25 bits per heavy atom. The molecular weight excluding hydrogens is 272 g/mol. The monoisotopic (exact) mass is 294 g/mol. The van der Waals surface area contributed by atoms with E-state index in [0.717, 1.165) is 18.8 Å². The van der Waals surface area contributed by atoms with Crippen LogP contribution in [0, 0.1) is 11.8 Å². The maximum Gasteiger partial charge on any atom is 0.254 e. The number of carbonyl (C=O) groups excluding carboxylic acids is 1. The highest BCUT2D eigenvalue weighted by Crippen LogP contribution is 2.27. The maximum absolute atomic E-state index is 12.6. The Morgan fingerprint density at radius 3 is 2.30 bits per heavy atom. The van der Waals surface area contributed by atoms with Gasteiger partial charge in [0.25, 0.3) is 5.91 Å². The molecule has 1 amide bonds. The van der Waals surface area contributed by atoms with Gasteiger partial charge in [-0.2, -0.15) is 0 Å². The standard InChI is InChI=1S/C16H23ClN2O/c1-10-8-19(9-11(10)2)15(20)12-6-13(16(3,4)5)18-14(17)7-12/h6-7,10-11H,8-9H2,1-5H3. The van der Waals surface area contributed by atoms with Crippen molar-refractivity contribution in [1.29, 1.82) is 0 Å². The van der Waals surface area contributed by atoms with Crippen molar-refractivity contribution in [3.8, 4) is 0 Å². The minimum Gasteiger partial charge on any atom is -0.338 e. The van der Waals surface area contributed by atoms with E-state index in [1.54, 1.807) is 6.07 Å². The van der Waals surface area contributed by atoms with Crippen LogP contribution in [0.25, 0.3) is 0 Å². The van der Waals surface area contributed by atoms with Crippen LogP contribution in [-0.4, -0.2) is 28.9 Å². The first kappa shape index (κ1) is 15.3. The number of rotatable bonds is 1. The van der Waals surface area contributed by atoms with Crippen molar-refractivity contribution in [2.24, 2.45) is 11.8 Å². The number of amides is 1. The van der Waals surface area contributed by atoms with Gasteiger partial charge >= 0.3 is 0 Å². The average molecular weight is 295 g/mol. The molecular formula is C16H23ClN2O.